The van der Waals surface area contributed by atoms with Gasteiger partial charge in [0.2, 0.25) is 0 Å². The number of nitriles is 1. The summed E-state index contributed by atoms with van der Waals surface area (Å²) in [5.74, 6) is -0.375. The van der Waals surface area contributed by atoms with Gasteiger partial charge in [0, 0.05) is 33.6 Å². The van der Waals surface area contributed by atoms with Gasteiger partial charge in [-0.25, -0.2) is 18.7 Å². The van der Waals surface area contributed by atoms with Gasteiger partial charge < -0.3 is 4.90 Å². The third-order valence-electron chi connectivity index (χ3n) is 5.50. The summed E-state index contributed by atoms with van der Waals surface area (Å²) in [5, 5.41) is 11.0. The topological polar surface area (TPSA) is 52.8 Å². The van der Waals surface area contributed by atoms with E-state index in [1.807, 2.05) is 24.0 Å². The Morgan fingerprint density at radius 3 is 2.56 bits per heavy atom. The molecule has 0 saturated heterocycles. The highest BCUT2D eigenvalue weighted by Crippen LogP contribution is 2.44. The van der Waals surface area contributed by atoms with Crippen LogP contribution in [0, 0.1) is 23.0 Å². The van der Waals surface area contributed by atoms with Crippen LogP contribution in [0.1, 0.15) is 36.3 Å². The number of hydrogen-bond donors (Lipinski definition) is 0. The summed E-state index contributed by atoms with van der Waals surface area (Å²) < 4.78 is 28.9. The molecule has 4 aromatic rings. The van der Waals surface area contributed by atoms with E-state index in [0.29, 0.717) is 49.1 Å². The van der Waals surface area contributed by atoms with Gasteiger partial charge in [0.05, 0.1) is 5.69 Å². The maximum atomic E-state index is 14.8. The van der Waals surface area contributed by atoms with Gasteiger partial charge in [-0.15, -0.1) is 0 Å². The molecule has 160 valence electrons. The standard InChI is InChI=1S/C24H17BrF2N4S/c1-2-31(24-30-22(21(12-28)32-24)14-5-7-16(26)8-6-14)20-11-19(13-3-4-13)29-23-17(20)9-15(25)10-18(23)27/h5-11,13H,2-4H2,1H3. The number of hydrogen-bond acceptors (Lipinski definition) is 5. The molecule has 5 rings (SSSR count). The van der Waals surface area contributed by atoms with E-state index in [1.54, 1.807) is 12.1 Å². The average Bonchev–Trinajstić information content (AvgIpc) is 3.55. The Morgan fingerprint density at radius 2 is 1.91 bits per heavy atom. The molecular formula is C24H17BrF2N4S. The molecular weight excluding hydrogens is 494 g/mol. The summed E-state index contributed by atoms with van der Waals surface area (Å²) in [6.07, 6.45) is 2.10. The van der Waals surface area contributed by atoms with Crippen molar-refractivity contribution in [3.8, 4) is 17.3 Å². The molecule has 0 amide bonds. The molecule has 2 heterocycles. The van der Waals surface area contributed by atoms with E-state index >= 15 is 0 Å². The molecule has 1 aliphatic rings. The lowest BCUT2D eigenvalue weighted by Crippen LogP contribution is -2.17. The molecule has 0 atom stereocenters. The Morgan fingerprint density at radius 1 is 1.16 bits per heavy atom. The third kappa shape index (κ3) is 3.76. The Balaban J connectivity index is 1.69. The van der Waals surface area contributed by atoms with Crippen molar-refractivity contribution >= 4 is 49.0 Å². The molecule has 32 heavy (non-hydrogen) atoms. The highest BCUT2D eigenvalue weighted by atomic mass is 79.9. The van der Waals surface area contributed by atoms with Gasteiger partial charge in [0.25, 0.3) is 0 Å². The number of anilines is 2. The van der Waals surface area contributed by atoms with Gasteiger partial charge in [0.1, 0.15) is 28.0 Å². The predicted molar refractivity (Wildman–Crippen MR) is 126 cm³/mol. The first-order valence-corrected chi connectivity index (χ1v) is 11.8. The number of halogens is 3. The highest BCUT2D eigenvalue weighted by Gasteiger charge is 2.28. The minimum Gasteiger partial charge on any atom is -0.317 e. The SMILES string of the molecule is CCN(c1nc(-c2ccc(F)cc2)c(C#N)s1)c1cc(C2CC2)nc2c(F)cc(Br)cc12. The van der Waals surface area contributed by atoms with Crippen molar-refractivity contribution in [2.24, 2.45) is 0 Å². The zero-order valence-corrected chi connectivity index (χ0v) is 19.5. The van der Waals surface area contributed by atoms with Crippen LogP contribution in [-0.2, 0) is 0 Å². The van der Waals surface area contributed by atoms with Gasteiger partial charge in [0.15, 0.2) is 10.9 Å². The quantitative estimate of drug-likeness (QED) is 0.282. The average molecular weight is 511 g/mol. The fraction of sp³-hybridized carbons (Fsp3) is 0.208. The lowest BCUT2D eigenvalue weighted by atomic mass is 10.1. The minimum atomic E-state index is -0.377. The van der Waals surface area contributed by atoms with Crippen LogP contribution >= 0.6 is 27.3 Å². The Hall–Kier alpha value is -2.89. The van der Waals surface area contributed by atoms with Crippen molar-refractivity contribution in [3.63, 3.8) is 0 Å². The van der Waals surface area contributed by atoms with E-state index in [9.17, 15) is 14.0 Å². The smallest absolute Gasteiger partial charge is 0.191 e. The molecule has 1 saturated carbocycles. The van der Waals surface area contributed by atoms with Crippen molar-refractivity contribution in [2.45, 2.75) is 25.7 Å². The molecule has 8 heteroatoms. The summed E-state index contributed by atoms with van der Waals surface area (Å²) in [6.45, 7) is 2.56. The molecule has 0 spiro atoms. The van der Waals surface area contributed by atoms with Crippen LogP contribution < -0.4 is 4.90 Å². The Labute approximate surface area is 196 Å². The van der Waals surface area contributed by atoms with Gasteiger partial charge in [-0.1, -0.05) is 27.3 Å². The minimum absolute atomic E-state index is 0.335. The molecule has 4 nitrogen and oxygen atoms in total. The number of rotatable bonds is 5. The summed E-state index contributed by atoms with van der Waals surface area (Å²) in [6, 6.07) is 13.4. The molecule has 1 aliphatic carbocycles. The molecule has 2 aromatic carbocycles. The summed E-state index contributed by atoms with van der Waals surface area (Å²) in [5.41, 5.74) is 3.21. The van der Waals surface area contributed by atoms with E-state index in [1.165, 1.54) is 29.5 Å². The van der Waals surface area contributed by atoms with Crippen LogP contribution in [0.15, 0.2) is 46.9 Å². The second-order valence-corrected chi connectivity index (χ2v) is 9.55. The lowest BCUT2D eigenvalue weighted by Gasteiger charge is -2.23. The molecule has 0 unspecified atom stereocenters. The van der Waals surface area contributed by atoms with Crippen LogP contribution in [0.2, 0.25) is 0 Å². The number of aromatic nitrogens is 2. The van der Waals surface area contributed by atoms with E-state index in [-0.39, 0.29) is 11.6 Å². The molecule has 0 radical (unpaired) electrons. The number of thiazole rings is 1. The van der Waals surface area contributed by atoms with Crippen LogP contribution in [0.4, 0.5) is 19.6 Å². The van der Waals surface area contributed by atoms with Crippen molar-refractivity contribution in [1.29, 1.82) is 5.26 Å². The Bertz CT molecular complexity index is 1370. The van der Waals surface area contributed by atoms with Crippen LogP contribution in [0.25, 0.3) is 22.2 Å². The van der Waals surface area contributed by atoms with Gasteiger partial charge in [-0.2, -0.15) is 5.26 Å². The van der Waals surface area contributed by atoms with E-state index in [2.05, 4.69) is 27.0 Å². The maximum absolute atomic E-state index is 14.8. The first kappa shape index (κ1) is 21.0. The van der Waals surface area contributed by atoms with Gasteiger partial charge in [-0.3, -0.25) is 0 Å². The second kappa shape index (κ2) is 8.23. The van der Waals surface area contributed by atoms with E-state index in [0.717, 1.165) is 24.2 Å². The van der Waals surface area contributed by atoms with Crippen molar-refractivity contribution in [1.82, 2.24) is 9.97 Å². The zero-order chi connectivity index (χ0) is 22.4. The second-order valence-electron chi connectivity index (χ2n) is 7.66. The highest BCUT2D eigenvalue weighted by molar-refractivity contribution is 9.10. The predicted octanol–water partition coefficient (Wildman–Crippen LogP) is 7.31. The number of nitrogens with zero attached hydrogens (tertiary/aromatic N) is 4. The summed E-state index contributed by atoms with van der Waals surface area (Å²) in [7, 11) is 0. The first-order valence-electron chi connectivity index (χ1n) is 10.2. The fourth-order valence-electron chi connectivity index (χ4n) is 3.78. The van der Waals surface area contributed by atoms with Crippen LogP contribution in [-0.4, -0.2) is 16.5 Å². The maximum Gasteiger partial charge on any atom is 0.191 e. The number of benzene rings is 2. The number of fused-ring (bicyclic) bond motifs is 1. The van der Waals surface area contributed by atoms with E-state index < -0.39 is 0 Å². The lowest BCUT2D eigenvalue weighted by molar-refractivity contribution is 0.628. The van der Waals surface area contributed by atoms with E-state index in [4.69, 9.17) is 4.98 Å². The van der Waals surface area contributed by atoms with Crippen molar-refractivity contribution < 1.29 is 8.78 Å². The largest absolute Gasteiger partial charge is 0.317 e. The normalized spacial score (nSPS) is 13.3. The van der Waals surface area contributed by atoms with Crippen molar-refractivity contribution in [3.05, 3.63) is 69.1 Å². The summed E-state index contributed by atoms with van der Waals surface area (Å²) in [4.78, 5) is 11.8. The zero-order valence-electron chi connectivity index (χ0n) is 17.1. The molecule has 1 fully saturated rings. The van der Waals surface area contributed by atoms with Crippen molar-refractivity contribution in [2.75, 3.05) is 11.4 Å². The monoisotopic (exact) mass is 510 g/mol. The number of pyridine rings is 1. The first-order chi connectivity index (χ1) is 15.5. The Kier molecular flexibility index (Phi) is 5.39. The molecule has 0 N–H and O–H groups in total. The molecule has 2 aromatic heterocycles. The third-order valence-corrected chi connectivity index (χ3v) is 6.94. The van der Waals surface area contributed by atoms with Gasteiger partial charge >= 0.3 is 0 Å². The van der Waals surface area contributed by atoms with Crippen LogP contribution in [0.5, 0.6) is 0 Å². The molecule has 0 bridgehead atoms. The summed E-state index contributed by atoms with van der Waals surface area (Å²) >= 11 is 4.66. The fourth-order valence-corrected chi connectivity index (χ4v) is 5.17. The van der Waals surface area contributed by atoms with Gasteiger partial charge in [-0.05, 0) is 62.2 Å². The van der Waals surface area contributed by atoms with Crippen LogP contribution in [0.3, 0.4) is 0 Å². The molecule has 0 aliphatic heterocycles.